The van der Waals surface area contributed by atoms with Crippen LogP contribution in [0.5, 0.6) is 11.5 Å². The predicted molar refractivity (Wildman–Crippen MR) is 74.0 cm³/mol. The summed E-state index contributed by atoms with van der Waals surface area (Å²) in [5, 5.41) is 0. The number of rotatable bonds is 3. The van der Waals surface area contributed by atoms with E-state index in [1.807, 2.05) is 12.1 Å². The zero-order valence-corrected chi connectivity index (χ0v) is 11.5. The van der Waals surface area contributed by atoms with Crippen LogP contribution in [0.3, 0.4) is 0 Å². The average molecular weight is 249 g/mol. The van der Waals surface area contributed by atoms with Crippen molar-refractivity contribution in [3.05, 3.63) is 18.2 Å². The molecule has 0 radical (unpaired) electrons. The molecule has 0 spiro atoms. The van der Waals surface area contributed by atoms with Crippen LogP contribution >= 0.6 is 0 Å². The first-order valence-electron chi connectivity index (χ1n) is 6.69. The summed E-state index contributed by atoms with van der Waals surface area (Å²) in [6.07, 6.45) is 3.80. The number of anilines is 1. The molecule has 0 aliphatic heterocycles. The smallest absolute Gasteiger partial charge is 0.125 e. The van der Waals surface area contributed by atoms with Gasteiger partial charge in [0.1, 0.15) is 11.5 Å². The molecule has 100 valence electrons. The lowest BCUT2D eigenvalue weighted by molar-refractivity contribution is 0.100. The maximum Gasteiger partial charge on any atom is 0.125 e. The molecule has 0 amide bonds. The van der Waals surface area contributed by atoms with E-state index in [9.17, 15) is 0 Å². The summed E-state index contributed by atoms with van der Waals surface area (Å²) in [6.45, 7) is 4.63. The van der Waals surface area contributed by atoms with Crippen LogP contribution in [0.25, 0.3) is 0 Å². The molecule has 0 aromatic heterocycles. The topological polar surface area (TPSA) is 44.5 Å². The van der Waals surface area contributed by atoms with Crippen molar-refractivity contribution in [3.63, 3.8) is 0 Å². The van der Waals surface area contributed by atoms with Crippen molar-refractivity contribution in [2.24, 2.45) is 11.8 Å². The molecular formula is C15H23NO2. The summed E-state index contributed by atoms with van der Waals surface area (Å²) in [5.41, 5.74) is 6.51. The fourth-order valence-corrected chi connectivity index (χ4v) is 2.58. The number of benzene rings is 1. The van der Waals surface area contributed by atoms with E-state index in [-0.39, 0.29) is 0 Å². The lowest BCUT2D eigenvalue weighted by Gasteiger charge is -2.32. The first kappa shape index (κ1) is 13.1. The molecule has 2 N–H and O–H groups in total. The maximum absolute atomic E-state index is 6.04. The van der Waals surface area contributed by atoms with E-state index >= 15 is 0 Å². The van der Waals surface area contributed by atoms with E-state index in [0.717, 1.165) is 36.2 Å². The van der Waals surface area contributed by atoms with Gasteiger partial charge < -0.3 is 15.2 Å². The zero-order chi connectivity index (χ0) is 13.1. The molecule has 1 aliphatic rings. The van der Waals surface area contributed by atoms with Crippen LogP contribution < -0.4 is 15.2 Å². The van der Waals surface area contributed by atoms with Crippen LogP contribution in [-0.2, 0) is 0 Å². The van der Waals surface area contributed by atoms with Crippen molar-refractivity contribution in [1.82, 2.24) is 0 Å². The molecule has 1 saturated carbocycles. The Hall–Kier alpha value is -1.38. The van der Waals surface area contributed by atoms with E-state index in [1.165, 1.54) is 6.42 Å². The molecule has 2 rings (SSSR count). The van der Waals surface area contributed by atoms with E-state index in [2.05, 4.69) is 13.8 Å². The zero-order valence-electron chi connectivity index (χ0n) is 11.5. The molecular weight excluding hydrogens is 226 g/mol. The summed E-state index contributed by atoms with van der Waals surface area (Å²) < 4.78 is 11.2. The number of methoxy groups -OCH3 is 1. The third-order valence-electron chi connectivity index (χ3n) is 3.99. The highest BCUT2D eigenvalue weighted by atomic mass is 16.5. The van der Waals surface area contributed by atoms with Crippen LogP contribution in [0.4, 0.5) is 5.69 Å². The van der Waals surface area contributed by atoms with Crippen LogP contribution in [-0.4, -0.2) is 13.2 Å². The summed E-state index contributed by atoms with van der Waals surface area (Å²) in [4.78, 5) is 0. The average Bonchev–Trinajstić information content (AvgIpc) is 2.33. The Morgan fingerprint density at radius 3 is 2.44 bits per heavy atom. The van der Waals surface area contributed by atoms with Crippen LogP contribution in [0.2, 0.25) is 0 Å². The van der Waals surface area contributed by atoms with E-state index < -0.39 is 0 Å². The van der Waals surface area contributed by atoms with Gasteiger partial charge in [-0.3, -0.25) is 0 Å². The second-order valence-electron chi connectivity index (χ2n) is 5.45. The van der Waals surface area contributed by atoms with Gasteiger partial charge in [0.2, 0.25) is 0 Å². The lowest BCUT2D eigenvalue weighted by Crippen LogP contribution is -2.28. The van der Waals surface area contributed by atoms with E-state index in [0.29, 0.717) is 11.8 Å². The largest absolute Gasteiger partial charge is 0.497 e. The number of nitrogen functional groups attached to an aromatic ring is 1. The molecule has 1 aromatic rings. The van der Waals surface area contributed by atoms with Crippen molar-refractivity contribution in [1.29, 1.82) is 0 Å². The van der Waals surface area contributed by atoms with Crippen molar-refractivity contribution in [2.75, 3.05) is 12.8 Å². The Morgan fingerprint density at radius 1 is 1.06 bits per heavy atom. The van der Waals surface area contributed by atoms with Gasteiger partial charge in [-0.25, -0.2) is 0 Å². The highest BCUT2D eigenvalue weighted by molar-refractivity contribution is 5.50. The number of ether oxygens (including phenoxy) is 2. The van der Waals surface area contributed by atoms with Crippen molar-refractivity contribution >= 4 is 5.69 Å². The molecule has 1 aromatic carbocycles. The molecule has 0 heterocycles. The Morgan fingerprint density at radius 2 is 1.78 bits per heavy atom. The van der Waals surface area contributed by atoms with Gasteiger partial charge in [0.05, 0.1) is 13.2 Å². The number of hydrogen-bond acceptors (Lipinski definition) is 3. The van der Waals surface area contributed by atoms with Crippen molar-refractivity contribution in [3.8, 4) is 11.5 Å². The standard InChI is InChI=1S/C15H23NO2/c1-10-4-5-13(6-11(10)2)18-15-8-12(16)7-14(9-15)17-3/h7-11,13H,4-6,16H2,1-3H3. The summed E-state index contributed by atoms with van der Waals surface area (Å²) >= 11 is 0. The third-order valence-corrected chi connectivity index (χ3v) is 3.99. The van der Waals surface area contributed by atoms with Crippen LogP contribution in [0.1, 0.15) is 33.1 Å². The SMILES string of the molecule is COc1cc(N)cc(OC2CCC(C)C(C)C2)c1. The van der Waals surface area contributed by atoms with Gasteiger partial charge in [-0.15, -0.1) is 0 Å². The lowest BCUT2D eigenvalue weighted by atomic mass is 9.80. The molecule has 3 nitrogen and oxygen atoms in total. The Kier molecular flexibility index (Phi) is 4.00. The van der Waals surface area contributed by atoms with E-state index in [4.69, 9.17) is 15.2 Å². The number of hydrogen-bond donors (Lipinski definition) is 1. The van der Waals surface area contributed by atoms with Gasteiger partial charge in [-0.05, 0) is 31.1 Å². The molecule has 0 saturated heterocycles. The summed E-state index contributed by atoms with van der Waals surface area (Å²) in [6, 6.07) is 5.57. The second kappa shape index (κ2) is 5.51. The fourth-order valence-electron chi connectivity index (χ4n) is 2.58. The van der Waals surface area contributed by atoms with Crippen molar-refractivity contribution < 1.29 is 9.47 Å². The molecule has 18 heavy (non-hydrogen) atoms. The molecule has 1 fully saturated rings. The van der Waals surface area contributed by atoms with Crippen LogP contribution in [0, 0.1) is 11.8 Å². The first-order chi connectivity index (χ1) is 8.58. The van der Waals surface area contributed by atoms with Gasteiger partial charge in [-0.2, -0.15) is 0 Å². The first-order valence-corrected chi connectivity index (χ1v) is 6.69. The minimum absolute atomic E-state index is 0.308. The van der Waals surface area contributed by atoms with E-state index in [1.54, 1.807) is 13.2 Å². The Bertz CT molecular complexity index is 405. The Balaban J connectivity index is 2.03. The highest BCUT2D eigenvalue weighted by Gasteiger charge is 2.25. The quantitative estimate of drug-likeness (QED) is 0.834. The molecule has 3 atom stereocenters. The van der Waals surface area contributed by atoms with Gasteiger partial charge >= 0.3 is 0 Å². The highest BCUT2D eigenvalue weighted by Crippen LogP contribution is 2.33. The van der Waals surface area contributed by atoms with Gasteiger partial charge in [0, 0.05) is 23.9 Å². The normalized spacial score (nSPS) is 27.8. The van der Waals surface area contributed by atoms with Gasteiger partial charge in [0.25, 0.3) is 0 Å². The maximum atomic E-state index is 6.04. The minimum atomic E-state index is 0.308. The molecule has 3 unspecified atom stereocenters. The third kappa shape index (κ3) is 3.09. The molecule has 1 aliphatic carbocycles. The summed E-state index contributed by atoms with van der Waals surface area (Å²) in [7, 11) is 1.64. The minimum Gasteiger partial charge on any atom is -0.497 e. The van der Waals surface area contributed by atoms with Gasteiger partial charge in [0.15, 0.2) is 0 Å². The molecule has 0 bridgehead atoms. The predicted octanol–water partition coefficient (Wildman–Crippen LogP) is 3.48. The fraction of sp³-hybridized carbons (Fsp3) is 0.600. The molecule has 3 heteroatoms. The monoisotopic (exact) mass is 249 g/mol. The second-order valence-corrected chi connectivity index (χ2v) is 5.45. The van der Waals surface area contributed by atoms with Gasteiger partial charge in [-0.1, -0.05) is 13.8 Å². The Labute approximate surface area is 109 Å². The van der Waals surface area contributed by atoms with Crippen LogP contribution in [0.15, 0.2) is 18.2 Å². The summed E-state index contributed by atoms with van der Waals surface area (Å²) in [5.74, 6) is 3.10. The van der Waals surface area contributed by atoms with Crippen molar-refractivity contribution in [2.45, 2.75) is 39.2 Å². The number of nitrogens with two attached hydrogens (primary N) is 1.